The average molecular weight is 314 g/mol. The van der Waals surface area contributed by atoms with Gasteiger partial charge in [0, 0.05) is 25.4 Å². The number of rotatable bonds is 7. The van der Waals surface area contributed by atoms with E-state index in [9.17, 15) is 9.90 Å². The van der Waals surface area contributed by atoms with E-state index in [1.807, 2.05) is 44.2 Å². The first kappa shape index (κ1) is 17.0. The fourth-order valence-corrected chi connectivity index (χ4v) is 2.18. The van der Waals surface area contributed by atoms with Crippen molar-refractivity contribution in [3.63, 3.8) is 0 Å². The SMILES string of the molecule is CC(C)Oc1ccc(C(=O)N(CCO)Cc2ccccc2)cn1. The Morgan fingerprint density at radius 1 is 1.22 bits per heavy atom. The standard InChI is InChI=1S/C18H22N2O3/c1-14(2)23-17-9-8-16(12-19-17)18(22)20(10-11-21)13-15-6-4-3-5-7-15/h3-9,12,14,21H,10-11,13H2,1-2H3. The van der Waals surface area contributed by atoms with Gasteiger partial charge < -0.3 is 14.7 Å². The number of carbonyl (C=O) groups excluding carboxylic acids is 1. The Balaban J connectivity index is 2.10. The second kappa shape index (κ2) is 8.29. The molecule has 0 radical (unpaired) electrons. The lowest BCUT2D eigenvalue weighted by Gasteiger charge is -2.22. The maximum atomic E-state index is 12.6. The molecule has 0 aliphatic heterocycles. The van der Waals surface area contributed by atoms with Crippen molar-refractivity contribution in [3.8, 4) is 5.88 Å². The first-order valence-corrected chi connectivity index (χ1v) is 7.67. The first-order chi connectivity index (χ1) is 11.1. The van der Waals surface area contributed by atoms with E-state index < -0.39 is 0 Å². The summed E-state index contributed by atoms with van der Waals surface area (Å²) in [6, 6.07) is 13.1. The lowest BCUT2D eigenvalue weighted by molar-refractivity contribution is 0.0707. The van der Waals surface area contributed by atoms with E-state index in [-0.39, 0.29) is 25.2 Å². The van der Waals surface area contributed by atoms with Gasteiger partial charge in [-0.15, -0.1) is 0 Å². The minimum absolute atomic E-state index is 0.0352. The van der Waals surface area contributed by atoms with E-state index in [4.69, 9.17) is 4.74 Å². The molecule has 0 saturated heterocycles. The summed E-state index contributed by atoms with van der Waals surface area (Å²) in [5.74, 6) is 0.333. The summed E-state index contributed by atoms with van der Waals surface area (Å²) in [7, 11) is 0. The number of nitrogens with zero attached hydrogens (tertiary/aromatic N) is 2. The molecule has 2 rings (SSSR count). The zero-order chi connectivity index (χ0) is 16.7. The van der Waals surface area contributed by atoms with E-state index in [0.29, 0.717) is 18.0 Å². The van der Waals surface area contributed by atoms with Crippen molar-refractivity contribution in [2.45, 2.75) is 26.5 Å². The summed E-state index contributed by atoms with van der Waals surface area (Å²) in [4.78, 5) is 18.4. The van der Waals surface area contributed by atoms with Crippen molar-refractivity contribution in [2.24, 2.45) is 0 Å². The average Bonchev–Trinajstić information content (AvgIpc) is 2.55. The summed E-state index contributed by atoms with van der Waals surface area (Å²) in [5.41, 5.74) is 1.49. The van der Waals surface area contributed by atoms with E-state index in [1.165, 1.54) is 6.20 Å². The summed E-state index contributed by atoms with van der Waals surface area (Å²) in [6.07, 6.45) is 1.54. The molecule has 0 atom stereocenters. The van der Waals surface area contributed by atoms with Crippen LogP contribution in [0, 0.1) is 0 Å². The van der Waals surface area contributed by atoms with Crippen LogP contribution in [0.3, 0.4) is 0 Å². The zero-order valence-electron chi connectivity index (χ0n) is 13.5. The minimum Gasteiger partial charge on any atom is -0.475 e. The molecule has 0 saturated carbocycles. The van der Waals surface area contributed by atoms with Crippen LogP contribution in [0.15, 0.2) is 48.7 Å². The number of hydrogen-bond acceptors (Lipinski definition) is 4. The van der Waals surface area contributed by atoms with Gasteiger partial charge in [0.15, 0.2) is 0 Å². The molecule has 0 bridgehead atoms. The molecular formula is C18H22N2O3. The third kappa shape index (κ3) is 5.07. The molecule has 0 aliphatic rings. The predicted molar refractivity (Wildman–Crippen MR) is 88.3 cm³/mol. The molecule has 0 spiro atoms. The van der Waals surface area contributed by atoms with Crippen molar-refractivity contribution >= 4 is 5.91 Å². The van der Waals surface area contributed by atoms with Gasteiger partial charge in [0.25, 0.3) is 5.91 Å². The highest BCUT2D eigenvalue weighted by Crippen LogP contribution is 2.13. The molecule has 1 amide bonds. The van der Waals surface area contributed by atoms with Crippen LogP contribution < -0.4 is 4.74 Å². The monoisotopic (exact) mass is 314 g/mol. The number of ether oxygens (including phenoxy) is 1. The van der Waals surface area contributed by atoms with Crippen LogP contribution in [0.5, 0.6) is 5.88 Å². The van der Waals surface area contributed by atoms with Gasteiger partial charge in [0.05, 0.1) is 18.3 Å². The molecule has 0 aliphatic carbocycles. The quantitative estimate of drug-likeness (QED) is 0.853. The maximum Gasteiger partial charge on any atom is 0.255 e. The number of carbonyl (C=O) groups is 1. The van der Waals surface area contributed by atoms with Gasteiger partial charge in [-0.25, -0.2) is 4.98 Å². The van der Waals surface area contributed by atoms with Gasteiger partial charge in [0.1, 0.15) is 0 Å². The van der Waals surface area contributed by atoms with Gasteiger partial charge in [-0.2, -0.15) is 0 Å². The van der Waals surface area contributed by atoms with E-state index in [0.717, 1.165) is 5.56 Å². The third-order valence-electron chi connectivity index (χ3n) is 3.21. The van der Waals surface area contributed by atoms with Crippen LogP contribution in [-0.4, -0.2) is 40.2 Å². The predicted octanol–water partition coefficient (Wildman–Crippen LogP) is 2.50. The highest BCUT2D eigenvalue weighted by molar-refractivity contribution is 5.93. The Hall–Kier alpha value is -2.40. The van der Waals surface area contributed by atoms with Crippen molar-refractivity contribution in [1.29, 1.82) is 0 Å². The normalized spacial score (nSPS) is 10.6. The van der Waals surface area contributed by atoms with Crippen molar-refractivity contribution in [2.75, 3.05) is 13.2 Å². The number of hydrogen-bond donors (Lipinski definition) is 1. The molecule has 1 aromatic carbocycles. The summed E-state index contributed by atoms with van der Waals surface area (Å²) >= 11 is 0. The molecule has 5 nitrogen and oxygen atoms in total. The Kier molecular flexibility index (Phi) is 6.11. The van der Waals surface area contributed by atoms with Crippen LogP contribution in [0.25, 0.3) is 0 Å². The first-order valence-electron chi connectivity index (χ1n) is 7.67. The molecule has 1 N–H and O–H groups in total. The van der Waals surface area contributed by atoms with Crippen molar-refractivity contribution in [3.05, 3.63) is 59.8 Å². The second-order valence-corrected chi connectivity index (χ2v) is 5.49. The molecule has 0 fully saturated rings. The van der Waals surface area contributed by atoms with Crippen LogP contribution in [0.2, 0.25) is 0 Å². The minimum atomic E-state index is -0.161. The molecule has 23 heavy (non-hydrogen) atoms. The van der Waals surface area contributed by atoms with Crippen molar-refractivity contribution in [1.82, 2.24) is 9.88 Å². The van der Waals surface area contributed by atoms with E-state index in [2.05, 4.69) is 4.98 Å². The number of benzene rings is 1. The highest BCUT2D eigenvalue weighted by atomic mass is 16.5. The number of aliphatic hydroxyl groups excluding tert-OH is 1. The van der Waals surface area contributed by atoms with Gasteiger partial charge in [-0.05, 0) is 25.5 Å². The lowest BCUT2D eigenvalue weighted by atomic mass is 10.2. The Morgan fingerprint density at radius 3 is 2.52 bits per heavy atom. The molecule has 2 aromatic rings. The Labute approximate surface area is 136 Å². The van der Waals surface area contributed by atoms with Crippen LogP contribution >= 0.6 is 0 Å². The Morgan fingerprint density at radius 2 is 1.96 bits per heavy atom. The molecule has 1 heterocycles. The highest BCUT2D eigenvalue weighted by Gasteiger charge is 2.16. The summed E-state index contributed by atoms with van der Waals surface area (Å²) in [6.45, 7) is 4.48. The maximum absolute atomic E-state index is 12.6. The van der Waals surface area contributed by atoms with Gasteiger partial charge in [0.2, 0.25) is 5.88 Å². The molecule has 5 heteroatoms. The van der Waals surface area contributed by atoms with Gasteiger partial charge in [-0.3, -0.25) is 4.79 Å². The largest absolute Gasteiger partial charge is 0.475 e. The topological polar surface area (TPSA) is 62.7 Å². The van der Waals surface area contributed by atoms with Crippen LogP contribution in [-0.2, 0) is 6.54 Å². The number of aromatic nitrogens is 1. The Bertz CT molecular complexity index is 612. The number of aliphatic hydroxyl groups is 1. The number of pyridine rings is 1. The molecule has 0 unspecified atom stereocenters. The number of amides is 1. The third-order valence-corrected chi connectivity index (χ3v) is 3.21. The van der Waals surface area contributed by atoms with E-state index in [1.54, 1.807) is 17.0 Å². The fraction of sp³-hybridized carbons (Fsp3) is 0.333. The van der Waals surface area contributed by atoms with Gasteiger partial charge >= 0.3 is 0 Å². The zero-order valence-corrected chi connectivity index (χ0v) is 13.5. The van der Waals surface area contributed by atoms with Crippen LogP contribution in [0.1, 0.15) is 29.8 Å². The van der Waals surface area contributed by atoms with Crippen molar-refractivity contribution < 1.29 is 14.6 Å². The van der Waals surface area contributed by atoms with Gasteiger partial charge in [-0.1, -0.05) is 30.3 Å². The summed E-state index contributed by atoms with van der Waals surface area (Å²) in [5, 5.41) is 9.22. The van der Waals surface area contributed by atoms with E-state index >= 15 is 0 Å². The second-order valence-electron chi connectivity index (χ2n) is 5.49. The smallest absolute Gasteiger partial charge is 0.255 e. The fourth-order valence-electron chi connectivity index (χ4n) is 2.18. The molecule has 1 aromatic heterocycles. The van der Waals surface area contributed by atoms with Crippen LogP contribution in [0.4, 0.5) is 0 Å². The summed E-state index contributed by atoms with van der Waals surface area (Å²) < 4.78 is 5.48. The molecular weight excluding hydrogens is 292 g/mol. The molecule has 122 valence electrons. The lowest BCUT2D eigenvalue weighted by Crippen LogP contribution is -2.33.